The summed E-state index contributed by atoms with van der Waals surface area (Å²) >= 11 is 6.34. The average Bonchev–Trinajstić information content (AvgIpc) is 2.54. The van der Waals surface area contributed by atoms with E-state index in [2.05, 4.69) is 4.99 Å². The minimum absolute atomic E-state index is 0.300. The zero-order valence-electron chi connectivity index (χ0n) is 13.2. The second kappa shape index (κ2) is 7.33. The van der Waals surface area contributed by atoms with E-state index in [1.165, 1.54) is 13.3 Å². The SMILES string of the molecule is CCCC1=C(C(=O)OC)C(c2ccccc2Cl)/C(=C/N)C(N)=N1. The van der Waals surface area contributed by atoms with Crippen molar-refractivity contribution >= 4 is 23.4 Å². The zero-order valence-corrected chi connectivity index (χ0v) is 13.9. The summed E-state index contributed by atoms with van der Waals surface area (Å²) in [6.45, 7) is 2.01. The van der Waals surface area contributed by atoms with Gasteiger partial charge < -0.3 is 16.2 Å². The van der Waals surface area contributed by atoms with Crippen LogP contribution in [0.5, 0.6) is 0 Å². The smallest absolute Gasteiger partial charge is 0.336 e. The molecule has 1 aliphatic rings. The second-order valence-corrected chi connectivity index (χ2v) is 5.58. The summed E-state index contributed by atoms with van der Waals surface area (Å²) < 4.78 is 4.97. The number of nitrogens with zero attached hydrogens (tertiary/aromatic N) is 1. The Morgan fingerprint density at radius 3 is 2.70 bits per heavy atom. The van der Waals surface area contributed by atoms with Gasteiger partial charge in [0.05, 0.1) is 18.4 Å². The topological polar surface area (TPSA) is 90.7 Å². The van der Waals surface area contributed by atoms with Gasteiger partial charge in [-0.05, 0) is 18.1 Å². The van der Waals surface area contributed by atoms with Gasteiger partial charge in [-0.1, -0.05) is 43.1 Å². The fraction of sp³-hybridized carbons (Fsp3) is 0.294. The number of ether oxygens (including phenoxy) is 1. The monoisotopic (exact) mass is 333 g/mol. The molecule has 1 unspecified atom stereocenters. The van der Waals surface area contributed by atoms with Crippen molar-refractivity contribution in [2.24, 2.45) is 16.5 Å². The molecule has 1 heterocycles. The van der Waals surface area contributed by atoms with Crippen molar-refractivity contribution in [3.8, 4) is 0 Å². The summed E-state index contributed by atoms with van der Waals surface area (Å²) in [5.74, 6) is -0.636. The molecule has 1 aromatic rings. The van der Waals surface area contributed by atoms with Crippen LogP contribution in [-0.2, 0) is 9.53 Å². The lowest BCUT2D eigenvalue weighted by Gasteiger charge is -2.28. The quantitative estimate of drug-likeness (QED) is 0.829. The van der Waals surface area contributed by atoms with Gasteiger partial charge in [-0.2, -0.15) is 0 Å². The predicted octanol–water partition coefficient (Wildman–Crippen LogP) is 2.86. The highest BCUT2D eigenvalue weighted by atomic mass is 35.5. The average molecular weight is 334 g/mol. The highest BCUT2D eigenvalue weighted by Gasteiger charge is 2.35. The molecule has 2 rings (SSSR count). The van der Waals surface area contributed by atoms with Gasteiger partial charge in [-0.25, -0.2) is 9.79 Å². The number of amidine groups is 1. The third kappa shape index (κ3) is 3.24. The maximum Gasteiger partial charge on any atom is 0.336 e. The van der Waals surface area contributed by atoms with E-state index >= 15 is 0 Å². The lowest BCUT2D eigenvalue weighted by Crippen LogP contribution is -2.30. The molecule has 0 aromatic heterocycles. The summed E-state index contributed by atoms with van der Waals surface area (Å²) in [5, 5.41) is 0.531. The molecule has 23 heavy (non-hydrogen) atoms. The fourth-order valence-corrected chi connectivity index (χ4v) is 2.97. The number of hydrogen-bond donors (Lipinski definition) is 2. The van der Waals surface area contributed by atoms with Crippen LogP contribution >= 0.6 is 11.6 Å². The summed E-state index contributed by atoms with van der Waals surface area (Å²) in [6, 6.07) is 7.29. The van der Waals surface area contributed by atoms with Gasteiger partial charge in [0, 0.05) is 22.7 Å². The standard InChI is InChI=1S/C17H20ClN3O2/c1-3-6-13-15(17(22)23-2)14(11(9-19)16(20)21-13)10-7-4-5-8-12(10)18/h4-5,7-9,14H,3,6,19H2,1-2H3,(H2,20,21)/b11-9-. The van der Waals surface area contributed by atoms with Gasteiger partial charge in [0.1, 0.15) is 5.84 Å². The Balaban J connectivity index is 2.74. The minimum atomic E-state index is -0.486. The Bertz CT molecular complexity index is 708. The Morgan fingerprint density at radius 2 is 2.13 bits per heavy atom. The molecule has 1 aromatic carbocycles. The van der Waals surface area contributed by atoms with Crippen molar-refractivity contribution in [1.82, 2.24) is 0 Å². The first-order chi connectivity index (χ1) is 11.0. The molecular weight excluding hydrogens is 314 g/mol. The second-order valence-electron chi connectivity index (χ2n) is 5.18. The van der Waals surface area contributed by atoms with E-state index in [-0.39, 0.29) is 0 Å². The number of methoxy groups -OCH3 is 1. The summed E-state index contributed by atoms with van der Waals surface area (Å²) in [5.41, 5.74) is 14.2. The number of aliphatic imine (C=N–C) groups is 1. The number of nitrogens with two attached hydrogens (primary N) is 2. The summed E-state index contributed by atoms with van der Waals surface area (Å²) in [7, 11) is 1.34. The summed E-state index contributed by atoms with van der Waals surface area (Å²) in [6.07, 6.45) is 2.81. The number of halogens is 1. The molecular formula is C17H20ClN3O2. The summed E-state index contributed by atoms with van der Waals surface area (Å²) in [4.78, 5) is 16.8. The minimum Gasteiger partial charge on any atom is -0.466 e. The van der Waals surface area contributed by atoms with E-state index in [1.807, 2.05) is 25.1 Å². The van der Waals surface area contributed by atoms with Gasteiger partial charge in [-0.3, -0.25) is 0 Å². The largest absolute Gasteiger partial charge is 0.466 e. The molecule has 1 aliphatic heterocycles. The van der Waals surface area contributed by atoms with Crippen molar-refractivity contribution in [2.75, 3.05) is 7.11 Å². The normalized spacial score (nSPS) is 19.7. The molecule has 122 valence electrons. The zero-order chi connectivity index (χ0) is 17.0. The van der Waals surface area contributed by atoms with Gasteiger partial charge in [0.25, 0.3) is 0 Å². The van der Waals surface area contributed by atoms with Gasteiger partial charge in [-0.15, -0.1) is 0 Å². The van der Waals surface area contributed by atoms with Crippen LogP contribution in [0.2, 0.25) is 5.02 Å². The fourth-order valence-electron chi connectivity index (χ4n) is 2.73. The van der Waals surface area contributed by atoms with Crippen molar-refractivity contribution < 1.29 is 9.53 Å². The van der Waals surface area contributed by atoms with Crippen LogP contribution in [0.3, 0.4) is 0 Å². The number of hydrogen-bond acceptors (Lipinski definition) is 5. The molecule has 6 heteroatoms. The maximum atomic E-state index is 12.4. The molecule has 0 radical (unpaired) electrons. The number of carbonyl (C=O) groups is 1. The van der Waals surface area contributed by atoms with Gasteiger partial charge in [0.15, 0.2) is 0 Å². The highest BCUT2D eigenvalue weighted by molar-refractivity contribution is 6.31. The molecule has 0 fully saturated rings. The lowest BCUT2D eigenvalue weighted by molar-refractivity contribution is -0.136. The molecule has 1 atom stereocenters. The van der Waals surface area contributed by atoms with Crippen LogP contribution in [0, 0.1) is 0 Å². The van der Waals surface area contributed by atoms with E-state index in [4.69, 9.17) is 27.8 Å². The molecule has 0 bridgehead atoms. The van der Waals surface area contributed by atoms with Crippen molar-refractivity contribution in [3.63, 3.8) is 0 Å². The molecule has 5 nitrogen and oxygen atoms in total. The Labute approximate surface area is 140 Å². The van der Waals surface area contributed by atoms with Crippen LogP contribution in [0.4, 0.5) is 0 Å². The van der Waals surface area contributed by atoms with Crippen molar-refractivity contribution in [1.29, 1.82) is 0 Å². The number of carbonyl (C=O) groups excluding carboxylic acids is 1. The van der Waals surface area contributed by atoms with Crippen LogP contribution < -0.4 is 11.5 Å². The van der Waals surface area contributed by atoms with E-state index < -0.39 is 11.9 Å². The molecule has 4 N–H and O–H groups in total. The van der Waals surface area contributed by atoms with Crippen molar-refractivity contribution in [3.05, 3.63) is 57.9 Å². The van der Waals surface area contributed by atoms with E-state index in [0.717, 1.165) is 12.0 Å². The highest BCUT2D eigenvalue weighted by Crippen LogP contribution is 2.41. The number of rotatable bonds is 4. The third-order valence-electron chi connectivity index (χ3n) is 3.75. The number of esters is 1. The first-order valence-electron chi connectivity index (χ1n) is 7.37. The number of benzene rings is 1. The first-order valence-corrected chi connectivity index (χ1v) is 7.75. The molecule has 0 aliphatic carbocycles. The number of allylic oxidation sites excluding steroid dienone is 1. The molecule has 0 saturated carbocycles. The van der Waals surface area contributed by atoms with Crippen LogP contribution in [0.15, 0.2) is 52.3 Å². The third-order valence-corrected chi connectivity index (χ3v) is 4.09. The molecule has 0 saturated heterocycles. The van der Waals surface area contributed by atoms with Crippen molar-refractivity contribution in [2.45, 2.75) is 25.7 Å². The molecule has 0 spiro atoms. The first kappa shape index (κ1) is 17.1. The van der Waals surface area contributed by atoms with Crippen LogP contribution in [0.25, 0.3) is 0 Å². The Kier molecular flexibility index (Phi) is 5.45. The van der Waals surface area contributed by atoms with Crippen LogP contribution in [0.1, 0.15) is 31.2 Å². The predicted molar refractivity (Wildman–Crippen MR) is 92.0 cm³/mol. The van der Waals surface area contributed by atoms with E-state index in [9.17, 15) is 4.79 Å². The van der Waals surface area contributed by atoms with Crippen LogP contribution in [-0.4, -0.2) is 18.9 Å². The lowest BCUT2D eigenvalue weighted by atomic mass is 9.81. The van der Waals surface area contributed by atoms with E-state index in [0.29, 0.717) is 34.1 Å². The van der Waals surface area contributed by atoms with E-state index in [1.54, 1.807) is 6.07 Å². The van der Waals surface area contributed by atoms with Gasteiger partial charge >= 0.3 is 5.97 Å². The van der Waals surface area contributed by atoms with Gasteiger partial charge in [0.2, 0.25) is 0 Å². The maximum absolute atomic E-state index is 12.4. The Morgan fingerprint density at radius 1 is 1.43 bits per heavy atom. The Hall–Kier alpha value is -2.27. The molecule has 0 amide bonds.